The highest BCUT2D eigenvalue weighted by atomic mass is 35.5. The molecule has 0 aromatic heterocycles. The lowest BCUT2D eigenvalue weighted by molar-refractivity contribution is 0.247. The van der Waals surface area contributed by atoms with Crippen LogP contribution < -0.4 is 5.73 Å². The fourth-order valence-corrected chi connectivity index (χ4v) is 2.22. The molecule has 1 aromatic rings. The van der Waals surface area contributed by atoms with Gasteiger partial charge in [0.05, 0.1) is 0 Å². The molecule has 0 bridgehead atoms. The van der Waals surface area contributed by atoms with Crippen LogP contribution in [0.5, 0.6) is 0 Å². The first-order chi connectivity index (χ1) is 8.52. The van der Waals surface area contributed by atoms with Gasteiger partial charge in [0, 0.05) is 17.6 Å². The summed E-state index contributed by atoms with van der Waals surface area (Å²) in [5, 5.41) is 0.765. The molecule has 102 valence electrons. The molecule has 0 amide bonds. The van der Waals surface area contributed by atoms with Gasteiger partial charge in [-0.2, -0.15) is 0 Å². The van der Waals surface area contributed by atoms with E-state index in [1.54, 1.807) is 0 Å². The molecule has 0 spiro atoms. The minimum atomic E-state index is 0.100. The molecule has 1 rings (SSSR count). The summed E-state index contributed by atoms with van der Waals surface area (Å²) in [5.41, 5.74) is 7.38. The van der Waals surface area contributed by atoms with E-state index < -0.39 is 0 Å². The number of nitrogens with two attached hydrogens (primary N) is 1. The zero-order valence-electron chi connectivity index (χ0n) is 11.7. The number of nitrogens with zero attached hydrogens (tertiary/aromatic N) is 1. The van der Waals surface area contributed by atoms with E-state index in [9.17, 15) is 0 Å². The van der Waals surface area contributed by atoms with Gasteiger partial charge in [-0.15, -0.1) is 0 Å². The van der Waals surface area contributed by atoms with Crippen LogP contribution in [0.4, 0.5) is 0 Å². The molecule has 0 saturated carbocycles. The van der Waals surface area contributed by atoms with Crippen LogP contribution in [-0.2, 0) is 0 Å². The summed E-state index contributed by atoms with van der Waals surface area (Å²) in [6.07, 6.45) is 0.988. The summed E-state index contributed by atoms with van der Waals surface area (Å²) in [7, 11) is 0. The predicted molar refractivity (Wildman–Crippen MR) is 79.9 cm³/mol. The Morgan fingerprint density at radius 1 is 1.22 bits per heavy atom. The predicted octanol–water partition coefficient (Wildman–Crippen LogP) is 3.71. The molecule has 0 radical (unpaired) electrons. The van der Waals surface area contributed by atoms with Crippen LogP contribution in [0.1, 0.15) is 38.8 Å². The van der Waals surface area contributed by atoms with Crippen molar-refractivity contribution in [2.45, 2.75) is 33.2 Å². The van der Waals surface area contributed by atoms with Gasteiger partial charge in [-0.3, -0.25) is 0 Å². The Hall–Kier alpha value is -0.570. The Bertz CT molecular complexity index is 335. The van der Waals surface area contributed by atoms with E-state index in [-0.39, 0.29) is 6.04 Å². The molecule has 0 fully saturated rings. The zero-order chi connectivity index (χ0) is 13.5. The number of rotatable bonds is 7. The van der Waals surface area contributed by atoms with Gasteiger partial charge in [0.1, 0.15) is 0 Å². The number of benzene rings is 1. The third kappa shape index (κ3) is 5.38. The van der Waals surface area contributed by atoms with E-state index in [2.05, 4.69) is 25.7 Å². The summed E-state index contributed by atoms with van der Waals surface area (Å²) in [4.78, 5) is 2.46. The van der Waals surface area contributed by atoms with Crippen molar-refractivity contribution < 1.29 is 0 Å². The molecule has 1 atom stereocenters. The molecular formula is C15H25ClN2. The molecule has 0 aliphatic carbocycles. The van der Waals surface area contributed by atoms with Crippen molar-refractivity contribution in [3.63, 3.8) is 0 Å². The first-order valence-corrected chi connectivity index (χ1v) is 7.14. The Labute approximate surface area is 116 Å². The van der Waals surface area contributed by atoms with Crippen molar-refractivity contribution in [2.24, 2.45) is 11.7 Å². The largest absolute Gasteiger partial charge is 0.324 e. The maximum atomic E-state index is 6.21. The molecule has 3 heteroatoms. The van der Waals surface area contributed by atoms with Gasteiger partial charge in [0.25, 0.3) is 0 Å². The molecule has 2 nitrogen and oxygen atoms in total. The lowest BCUT2D eigenvalue weighted by Gasteiger charge is -2.24. The van der Waals surface area contributed by atoms with Gasteiger partial charge in [0.15, 0.2) is 0 Å². The van der Waals surface area contributed by atoms with Crippen LogP contribution >= 0.6 is 11.6 Å². The van der Waals surface area contributed by atoms with Gasteiger partial charge < -0.3 is 10.6 Å². The highest BCUT2D eigenvalue weighted by Gasteiger charge is 2.10. The summed E-state index contributed by atoms with van der Waals surface area (Å²) >= 11 is 5.87. The topological polar surface area (TPSA) is 29.3 Å². The third-order valence-corrected chi connectivity index (χ3v) is 3.38. The molecule has 0 heterocycles. The molecule has 0 aliphatic rings. The zero-order valence-corrected chi connectivity index (χ0v) is 12.5. The first kappa shape index (κ1) is 15.5. The van der Waals surface area contributed by atoms with E-state index >= 15 is 0 Å². The molecule has 1 unspecified atom stereocenters. The van der Waals surface area contributed by atoms with Gasteiger partial charge >= 0.3 is 0 Å². The van der Waals surface area contributed by atoms with Crippen molar-refractivity contribution in [1.29, 1.82) is 0 Å². The van der Waals surface area contributed by atoms with Gasteiger partial charge in [0.2, 0.25) is 0 Å². The van der Waals surface area contributed by atoms with E-state index in [0.717, 1.165) is 31.1 Å². The fourth-order valence-electron chi connectivity index (χ4n) is 2.09. The number of hydrogen-bond donors (Lipinski definition) is 1. The molecule has 18 heavy (non-hydrogen) atoms. The quantitative estimate of drug-likeness (QED) is 0.817. The van der Waals surface area contributed by atoms with Gasteiger partial charge in [-0.1, -0.05) is 44.5 Å². The maximum absolute atomic E-state index is 6.21. The number of halogens is 1. The first-order valence-electron chi connectivity index (χ1n) is 6.76. The van der Waals surface area contributed by atoms with Crippen molar-refractivity contribution in [2.75, 3.05) is 19.6 Å². The van der Waals surface area contributed by atoms with Crippen LogP contribution in [0.25, 0.3) is 0 Å². The smallest absolute Gasteiger partial charge is 0.0406 e. The molecule has 1 aromatic carbocycles. The van der Waals surface area contributed by atoms with Gasteiger partial charge in [-0.05, 0) is 43.1 Å². The van der Waals surface area contributed by atoms with Crippen molar-refractivity contribution in [3.05, 3.63) is 34.9 Å². The molecule has 2 N–H and O–H groups in total. The van der Waals surface area contributed by atoms with Crippen molar-refractivity contribution >= 4 is 11.6 Å². The van der Waals surface area contributed by atoms with Crippen LogP contribution in [0.2, 0.25) is 5.02 Å². The maximum Gasteiger partial charge on any atom is 0.0406 e. The van der Waals surface area contributed by atoms with Crippen molar-refractivity contribution in [1.82, 2.24) is 4.90 Å². The standard InChI is InChI=1S/C15H25ClN2/c1-4-18(11-12(2)3)10-9-15(17)13-5-7-14(16)8-6-13/h5-8,12,15H,4,9-11,17H2,1-3H3. The van der Waals surface area contributed by atoms with E-state index in [0.29, 0.717) is 5.92 Å². The Morgan fingerprint density at radius 3 is 2.33 bits per heavy atom. The second kappa shape index (κ2) is 7.78. The van der Waals surface area contributed by atoms with Crippen LogP contribution in [-0.4, -0.2) is 24.5 Å². The Kier molecular flexibility index (Phi) is 6.69. The minimum Gasteiger partial charge on any atom is -0.324 e. The Morgan fingerprint density at radius 2 is 1.83 bits per heavy atom. The summed E-state index contributed by atoms with van der Waals surface area (Å²) in [5.74, 6) is 0.705. The SMILES string of the molecule is CCN(CCC(N)c1ccc(Cl)cc1)CC(C)C. The molecular weight excluding hydrogens is 244 g/mol. The Balaban J connectivity index is 2.44. The summed E-state index contributed by atoms with van der Waals surface area (Å²) in [6, 6.07) is 7.95. The lowest BCUT2D eigenvalue weighted by atomic mass is 10.0. The van der Waals surface area contributed by atoms with E-state index in [1.807, 2.05) is 24.3 Å². The van der Waals surface area contributed by atoms with Gasteiger partial charge in [-0.25, -0.2) is 0 Å². The monoisotopic (exact) mass is 268 g/mol. The van der Waals surface area contributed by atoms with Crippen molar-refractivity contribution in [3.8, 4) is 0 Å². The normalized spacial score (nSPS) is 13.3. The molecule has 0 aliphatic heterocycles. The highest BCUT2D eigenvalue weighted by Crippen LogP contribution is 2.17. The number of hydrogen-bond acceptors (Lipinski definition) is 2. The molecule has 0 saturated heterocycles. The average Bonchev–Trinajstić information content (AvgIpc) is 2.34. The minimum absolute atomic E-state index is 0.100. The average molecular weight is 269 g/mol. The third-order valence-electron chi connectivity index (χ3n) is 3.13. The van der Waals surface area contributed by atoms with E-state index in [4.69, 9.17) is 17.3 Å². The summed E-state index contributed by atoms with van der Waals surface area (Å²) < 4.78 is 0. The van der Waals surface area contributed by atoms with Crippen LogP contribution in [0, 0.1) is 5.92 Å². The lowest BCUT2D eigenvalue weighted by Crippen LogP contribution is -2.30. The fraction of sp³-hybridized carbons (Fsp3) is 0.600. The second-order valence-electron chi connectivity index (χ2n) is 5.23. The summed E-state index contributed by atoms with van der Waals surface area (Å²) in [6.45, 7) is 9.99. The van der Waals surface area contributed by atoms with Crippen LogP contribution in [0.3, 0.4) is 0 Å². The van der Waals surface area contributed by atoms with Crippen LogP contribution in [0.15, 0.2) is 24.3 Å². The van der Waals surface area contributed by atoms with E-state index in [1.165, 1.54) is 5.56 Å². The second-order valence-corrected chi connectivity index (χ2v) is 5.67. The highest BCUT2D eigenvalue weighted by molar-refractivity contribution is 6.30.